The number of pyridine rings is 2. The minimum absolute atomic E-state index is 0.0552. The molecule has 34 heavy (non-hydrogen) atoms. The molecule has 0 unspecified atom stereocenters. The van der Waals surface area contributed by atoms with Crippen LogP contribution in [0.3, 0.4) is 0 Å². The molecule has 0 aliphatic rings. The van der Waals surface area contributed by atoms with Gasteiger partial charge in [-0.3, -0.25) is 14.8 Å². The van der Waals surface area contributed by atoms with Gasteiger partial charge in [0.2, 0.25) is 5.88 Å². The fourth-order valence-electron chi connectivity index (χ4n) is 3.16. The summed E-state index contributed by atoms with van der Waals surface area (Å²) >= 11 is 17.9. The molecule has 0 radical (unpaired) electrons. The maximum Gasteiger partial charge on any atom is 0.339 e. The number of benzene rings is 1. The van der Waals surface area contributed by atoms with Crippen molar-refractivity contribution in [1.29, 1.82) is 5.26 Å². The van der Waals surface area contributed by atoms with Crippen molar-refractivity contribution in [3.8, 4) is 34.5 Å². The maximum atomic E-state index is 13.9. The molecule has 3 heterocycles. The summed E-state index contributed by atoms with van der Waals surface area (Å²) in [5.41, 5.74) is -1.71. The van der Waals surface area contributed by atoms with Crippen LogP contribution in [-0.4, -0.2) is 19.1 Å². The molecule has 0 bridgehead atoms. The molecule has 1 aromatic carbocycles. The van der Waals surface area contributed by atoms with Gasteiger partial charge in [-0.15, -0.1) is 0 Å². The Balaban J connectivity index is 2.12. The van der Waals surface area contributed by atoms with E-state index in [0.29, 0.717) is 0 Å². The third kappa shape index (κ3) is 4.52. The first-order valence-electron chi connectivity index (χ1n) is 9.41. The number of halogens is 4. The van der Waals surface area contributed by atoms with Crippen LogP contribution >= 0.6 is 34.8 Å². The van der Waals surface area contributed by atoms with Gasteiger partial charge in [-0.1, -0.05) is 40.9 Å². The summed E-state index contributed by atoms with van der Waals surface area (Å²) in [6.45, 7) is -0.488. The molecule has 0 fully saturated rings. The first kappa shape index (κ1) is 23.4. The Morgan fingerprint density at radius 2 is 1.71 bits per heavy atom. The summed E-state index contributed by atoms with van der Waals surface area (Å²) in [6.07, 6.45) is 5.25. The number of nitrogens with zero attached hydrogens (tertiary/aromatic N) is 5. The van der Waals surface area contributed by atoms with E-state index in [2.05, 4.69) is 9.97 Å². The Bertz CT molecular complexity index is 1580. The highest BCUT2D eigenvalue weighted by molar-refractivity contribution is 6.31. The number of ether oxygens (including phenoxy) is 1. The zero-order valence-corrected chi connectivity index (χ0v) is 19.1. The van der Waals surface area contributed by atoms with Crippen LogP contribution in [-0.2, 0) is 6.54 Å². The van der Waals surface area contributed by atoms with Gasteiger partial charge in [-0.05, 0) is 23.8 Å². The molecule has 0 amide bonds. The number of hydrogen-bond acceptors (Lipinski definition) is 6. The number of rotatable bonds is 5. The van der Waals surface area contributed by atoms with Crippen molar-refractivity contribution in [2.45, 2.75) is 6.54 Å². The number of hydrogen-bond donors (Lipinski definition) is 0. The van der Waals surface area contributed by atoms with Gasteiger partial charge in [0.15, 0.2) is 0 Å². The molecule has 0 saturated carbocycles. The predicted octanol–water partition coefficient (Wildman–Crippen LogP) is 4.87. The zero-order chi connectivity index (χ0) is 24.4. The summed E-state index contributed by atoms with van der Waals surface area (Å²) in [5.74, 6) is -0.902. The van der Waals surface area contributed by atoms with Crippen LogP contribution in [0.4, 0.5) is 4.39 Å². The molecular weight excluding hydrogens is 508 g/mol. The monoisotopic (exact) mass is 517 g/mol. The summed E-state index contributed by atoms with van der Waals surface area (Å²) in [4.78, 5) is 34.9. The van der Waals surface area contributed by atoms with Crippen LogP contribution in [0, 0.1) is 17.1 Å². The Morgan fingerprint density at radius 1 is 1.00 bits per heavy atom. The number of nitriles is 1. The van der Waals surface area contributed by atoms with Crippen molar-refractivity contribution in [3.63, 3.8) is 0 Å². The zero-order valence-electron chi connectivity index (χ0n) is 16.9. The first-order chi connectivity index (χ1) is 16.3. The van der Waals surface area contributed by atoms with E-state index in [9.17, 15) is 19.2 Å². The molecule has 0 spiro atoms. The van der Waals surface area contributed by atoms with Crippen molar-refractivity contribution >= 4 is 34.8 Å². The normalized spacial score (nSPS) is 10.7. The summed E-state index contributed by atoms with van der Waals surface area (Å²) in [6, 6.07) is 8.20. The van der Waals surface area contributed by atoms with Gasteiger partial charge in [0.25, 0.3) is 5.56 Å². The van der Waals surface area contributed by atoms with E-state index in [1.165, 1.54) is 49.1 Å². The summed E-state index contributed by atoms with van der Waals surface area (Å²) in [5, 5.41) is 9.55. The minimum Gasteiger partial charge on any atom is -0.438 e. The summed E-state index contributed by atoms with van der Waals surface area (Å²) < 4.78 is 21.4. The van der Waals surface area contributed by atoms with Crippen molar-refractivity contribution in [3.05, 3.63) is 96.8 Å². The molecule has 170 valence electrons. The van der Waals surface area contributed by atoms with E-state index >= 15 is 0 Å². The van der Waals surface area contributed by atoms with E-state index in [-0.39, 0.29) is 43.5 Å². The average molecular weight is 519 g/mol. The third-order valence-corrected chi connectivity index (χ3v) is 5.28. The van der Waals surface area contributed by atoms with E-state index in [1.54, 1.807) is 0 Å². The smallest absolute Gasteiger partial charge is 0.339 e. The molecule has 0 saturated heterocycles. The van der Waals surface area contributed by atoms with Crippen molar-refractivity contribution < 1.29 is 9.13 Å². The van der Waals surface area contributed by atoms with Crippen LogP contribution in [0.25, 0.3) is 16.8 Å². The second-order valence-electron chi connectivity index (χ2n) is 6.78. The Hall–Kier alpha value is -3.71. The Kier molecular flexibility index (Phi) is 6.65. The summed E-state index contributed by atoms with van der Waals surface area (Å²) in [7, 11) is 0. The van der Waals surface area contributed by atoms with Crippen LogP contribution in [0.15, 0.2) is 64.7 Å². The van der Waals surface area contributed by atoms with Crippen molar-refractivity contribution in [1.82, 2.24) is 19.1 Å². The van der Waals surface area contributed by atoms with Gasteiger partial charge >= 0.3 is 5.69 Å². The molecule has 4 rings (SSSR count). The van der Waals surface area contributed by atoms with Gasteiger partial charge in [-0.25, -0.2) is 18.3 Å². The molecular formula is C22H11Cl3FN5O3. The van der Waals surface area contributed by atoms with E-state index in [1.807, 2.05) is 6.07 Å². The van der Waals surface area contributed by atoms with Crippen LogP contribution in [0.1, 0.15) is 0 Å². The SMILES string of the molecule is N#CCn1c(Oc2cncc(Cl)c2)c(-c2ccc(F)c(Cl)c2)c(=O)n(-c2cncc(Cl)c2)c1=O. The first-order valence-corrected chi connectivity index (χ1v) is 10.5. The predicted molar refractivity (Wildman–Crippen MR) is 124 cm³/mol. The van der Waals surface area contributed by atoms with E-state index in [4.69, 9.17) is 39.5 Å². The van der Waals surface area contributed by atoms with Crippen molar-refractivity contribution in [2.75, 3.05) is 0 Å². The lowest BCUT2D eigenvalue weighted by atomic mass is 10.1. The van der Waals surface area contributed by atoms with Gasteiger partial charge < -0.3 is 4.74 Å². The quantitative estimate of drug-likeness (QED) is 0.373. The largest absolute Gasteiger partial charge is 0.438 e. The number of aromatic nitrogens is 4. The molecule has 8 nitrogen and oxygen atoms in total. The van der Waals surface area contributed by atoms with Gasteiger partial charge in [0.1, 0.15) is 23.7 Å². The fourth-order valence-corrected chi connectivity index (χ4v) is 3.67. The molecule has 3 aromatic heterocycles. The highest BCUT2D eigenvalue weighted by Gasteiger charge is 2.24. The van der Waals surface area contributed by atoms with Crippen LogP contribution < -0.4 is 16.0 Å². The molecule has 4 aromatic rings. The minimum atomic E-state index is -0.891. The van der Waals surface area contributed by atoms with Gasteiger partial charge in [0, 0.05) is 18.5 Å². The highest BCUT2D eigenvalue weighted by atomic mass is 35.5. The molecule has 0 N–H and O–H groups in total. The lowest BCUT2D eigenvalue weighted by molar-refractivity contribution is 0.421. The molecule has 12 heteroatoms. The van der Waals surface area contributed by atoms with E-state index in [0.717, 1.165) is 15.2 Å². The van der Waals surface area contributed by atoms with Crippen LogP contribution in [0.5, 0.6) is 11.6 Å². The lowest BCUT2D eigenvalue weighted by Crippen LogP contribution is -2.40. The lowest BCUT2D eigenvalue weighted by Gasteiger charge is -2.18. The topological polar surface area (TPSA) is 103 Å². The van der Waals surface area contributed by atoms with Crippen LogP contribution in [0.2, 0.25) is 15.1 Å². The Labute approximate surface area is 206 Å². The standard InChI is InChI=1S/C22H11Cl3FN5O3/c23-13-6-15(10-28-8-13)31-20(32)19(12-1-2-18(26)17(25)5-12)21(30(4-3-27)22(31)33)34-16-7-14(24)9-29-11-16/h1-2,5-11H,4H2. The van der Waals surface area contributed by atoms with E-state index < -0.39 is 23.6 Å². The molecule has 0 atom stereocenters. The highest BCUT2D eigenvalue weighted by Crippen LogP contribution is 2.33. The second-order valence-corrected chi connectivity index (χ2v) is 8.06. The Morgan fingerprint density at radius 3 is 2.35 bits per heavy atom. The molecule has 0 aliphatic heterocycles. The maximum absolute atomic E-state index is 13.9. The fraction of sp³-hybridized carbons (Fsp3) is 0.0455. The van der Waals surface area contributed by atoms with Crippen molar-refractivity contribution in [2.24, 2.45) is 0 Å². The average Bonchev–Trinajstić information content (AvgIpc) is 2.79. The second kappa shape index (κ2) is 9.65. The molecule has 0 aliphatic carbocycles. The van der Waals surface area contributed by atoms with Gasteiger partial charge in [-0.2, -0.15) is 5.26 Å². The van der Waals surface area contributed by atoms with Gasteiger partial charge in [0.05, 0.1) is 39.2 Å². The third-order valence-electron chi connectivity index (χ3n) is 4.58.